The van der Waals surface area contributed by atoms with Crippen LogP contribution in [0.2, 0.25) is 0 Å². The zero-order valence-corrected chi connectivity index (χ0v) is 16.6. The van der Waals surface area contributed by atoms with Crippen molar-refractivity contribution in [1.29, 1.82) is 0 Å². The molecular formula is C23H28N2O3. The number of fused-ring (bicyclic) bond motifs is 2. The van der Waals surface area contributed by atoms with Gasteiger partial charge in [0, 0.05) is 37.3 Å². The van der Waals surface area contributed by atoms with E-state index in [0.717, 1.165) is 48.9 Å². The molecule has 0 spiro atoms. The maximum absolute atomic E-state index is 13.2. The van der Waals surface area contributed by atoms with Crippen molar-refractivity contribution in [2.75, 3.05) is 32.8 Å². The second kappa shape index (κ2) is 8.33. The summed E-state index contributed by atoms with van der Waals surface area (Å²) in [6.45, 7) is 8.58. The van der Waals surface area contributed by atoms with Crippen molar-refractivity contribution in [2.45, 2.75) is 25.9 Å². The van der Waals surface area contributed by atoms with Crippen molar-refractivity contribution in [3.63, 3.8) is 0 Å². The standard InChI is InChI=1S/C23H28N2O3/c1-16(2)14-25-11-12-27-17(15-25)13-24-23(26)22-18-7-3-5-9-20(18)28-21-10-6-4-8-19(21)22/h3-10,16-17,22H,11-15H2,1-2H3,(H,24,26)/t17-/m1/s1. The summed E-state index contributed by atoms with van der Waals surface area (Å²) >= 11 is 0. The molecule has 4 rings (SSSR count). The number of hydrogen-bond acceptors (Lipinski definition) is 4. The number of rotatable bonds is 5. The van der Waals surface area contributed by atoms with E-state index in [4.69, 9.17) is 9.47 Å². The minimum Gasteiger partial charge on any atom is -0.457 e. The molecule has 1 N–H and O–H groups in total. The van der Waals surface area contributed by atoms with E-state index in [1.807, 2.05) is 48.5 Å². The third kappa shape index (κ3) is 4.05. The van der Waals surface area contributed by atoms with Crippen molar-refractivity contribution >= 4 is 5.91 Å². The van der Waals surface area contributed by atoms with E-state index < -0.39 is 0 Å². The molecule has 1 fully saturated rings. The summed E-state index contributed by atoms with van der Waals surface area (Å²) in [6, 6.07) is 15.5. The van der Waals surface area contributed by atoms with Crippen LogP contribution in [0.4, 0.5) is 0 Å². The highest BCUT2D eigenvalue weighted by molar-refractivity contribution is 5.89. The van der Waals surface area contributed by atoms with Gasteiger partial charge in [-0.25, -0.2) is 0 Å². The molecule has 2 aromatic carbocycles. The van der Waals surface area contributed by atoms with Crippen LogP contribution in [-0.4, -0.2) is 49.7 Å². The monoisotopic (exact) mass is 380 g/mol. The van der Waals surface area contributed by atoms with Crippen LogP contribution in [0, 0.1) is 5.92 Å². The zero-order valence-electron chi connectivity index (χ0n) is 16.6. The number of amides is 1. The Kier molecular flexibility index (Phi) is 5.64. The van der Waals surface area contributed by atoms with Gasteiger partial charge in [-0.3, -0.25) is 9.69 Å². The van der Waals surface area contributed by atoms with Crippen molar-refractivity contribution in [3.8, 4) is 11.5 Å². The smallest absolute Gasteiger partial charge is 0.232 e. The van der Waals surface area contributed by atoms with Gasteiger partial charge in [0.05, 0.1) is 18.6 Å². The molecule has 0 aromatic heterocycles. The number of nitrogens with one attached hydrogen (secondary N) is 1. The van der Waals surface area contributed by atoms with E-state index in [1.54, 1.807) is 0 Å². The maximum Gasteiger partial charge on any atom is 0.232 e. The fourth-order valence-corrected chi connectivity index (χ4v) is 4.10. The van der Waals surface area contributed by atoms with Crippen molar-refractivity contribution in [3.05, 3.63) is 59.7 Å². The quantitative estimate of drug-likeness (QED) is 0.864. The number of hydrogen-bond donors (Lipinski definition) is 1. The molecule has 1 atom stereocenters. The van der Waals surface area contributed by atoms with Crippen LogP contribution in [0.3, 0.4) is 0 Å². The lowest BCUT2D eigenvalue weighted by molar-refractivity contribution is -0.123. The van der Waals surface area contributed by atoms with Gasteiger partial charge in [0.25, 0.3) is 0 Å². The molecule has 5 nitrogen and oxygen atoms in total. The lowest BCUT2D eigenvalue weighted by Crippen LogP contribution is -2.49. The number of nitrogens with zero attached hydrogens (tertiary/aromatic N) is 1. The molecule has 2 heterocycles. The Morgan fingerprint density at radius 2 is 1.75 bits per heavy atom. The van der Waals surface area contributed by atoms with Crippen LogP contribution in [-0.2, 0) is 9.53 Å². The van der Waals surface area contributed by atoms with Crippen LogP contribution >= 0.6 is 0 Å². The van der Waals surface area contributed by atoms with Crippen molar-refractivity contribution in [2.24, 2.45) is 5.92 Å². The molecule has 1 amide bonds. The number of benzene rings is 2. The highest BCUT2D eigenvalue weighted by Gasteiger charge is 2.33. The van der Waals surface area contributed by atoms with Gasteiger partial charge >= 0.3 is 0 Å². The first-order valence-electron chi connectivity index (χ1n) is 10.1. The fourth-order valence-electron chi connectivity index (χ4n) is 4.10. The van der Waals surface area contributed by atoms with Crippen LogP contribution in [0.1, 0.15) is 30.9 Å². The Hall–Kier alpha value is -2.37. The van der Waals surface area contributed by atoms with Crippen LogP contribution in [0.5, 0.6) is 11.5 Å². The largest absolute Gasteiger partial charge is 0.457 e. The minimum absolute atomic E-state index is 0.00668. The summed E-state index contributed by atoms with van der Waals surface area (Å²) in [6.07, 6.45) is 0.0294. The molecule has 0 bridgehead atoms. The normalized spacial score (nSPS) is 19.6. The van der Waals surface area contributed by atoms with Crippen LogP contribution < -0.4 is 10.1 Å². The molecule has 1 saturated heterocycles. The van der Waals surface area contributed by atoms with Gasteiger partial charge in [-0.15, -0.1) is 0 Å². The Morgan fingerprint density at radius 1 is 1.11 bits per heavy atom. The Bertz CT molecular complexity index is 791. The first-order chi connectivity index (χ1) is 13.6. The Balaban J connectivity index is 1.47. The highest BCUT2D eigenvalue weighted by atomic mass is 16.5. The van der Waals surface area contributed by atoms with Crippen molar-refractivity contribution < 1.29 is 14.3 Å². The first kappa shape index (κ1) is 19.0. The molecular weight excluding hydrogens is 352 g/mol. The number of carbonyl (C=O) groups is 1. The molecule has 0 radical (unpaired) electrons. The summed E-state index contributed by atoms with van der Waals surface area (Å²) in [5.41, 5.74) is 1.81. The van der Waals surface area contributed by atoms with E-state index in [1.165, 1.54) is 0 Å². The Labute approximate surface area is 166 Å². The van der Waals surface area contributed by atoms with E-state index >= 15 is 0 Å². The number of morpholine rings is 1. The first-order valence-corrected chi connectivity index (χ1v) is 10.1. The third-order valence-corrected chi connectivity index (χ3v) is 5.29. The van der Waals surface area contributed by atoms with Gasteiger partial charge in [-0.1, -0.05) is 50.2 Å². The average molecular weight is 380 g/mol. The van der Waals surface area contributed by atoms with E-state index in [2.05, 4.69) is 24.1 Å². The summed E-state index contributed by atoms with van der Waals surface area (Å²) in [7, 11) is 0. The lowest BCUT2D eigenvalue weighted by Gasteiger charge is -2.34. The van der Waals surface area contributed by atoms with Gasteiger partial charge in [-0.05, 0) is 18.1 Å². The van der Waals surface area contributed by atoms with E-state index in [0.29, 0.717) is 12.5 Å². The maximum atomic E-state index is 13.2. The summed E-state index contributed by atoms with van der Waals surface area (Å²) < 4.78 is 11.9. The van der Waals surface area contributed by atoms with Crippen molar-refractivity contribution in [1.82, 2.24) is 10.2 Å². The number of carbonyl (C=O) groups excluding carboxylic acids is 1. The van der Waals surface area contributed by atoms with Crippen LogP contribution in [0.15, 0.2) is 48.5 Å². The van der Waals surface area contributed by atoms with Gasteiger partial charge in [0.1, 0.15) is 11.5 Å². The Morgan fingerprint density at radius 3 is 2.39 bits per heavy atom. The second-order valence-electron chi connectivity index (χ2n) is 8.00. The minimum atomic E-state index is -0.364. The predicted molar refractivity (Wildman–Crippen MR) is 109 cm³/mol. The van der Waals surface area contributed by atoms with Gasteiger partial charge < -0.3 is 14.8 Å². The fraction of sp³-hybridized carbons (Fsp3) is 0.435. The lowest BCUT2D eigenvalue weighted by atomic mass is 9.87. The van der Waals surface area contributed by atoms with E-state index in [9.17, 15) is 4.79 Å². The molecule has 0 aliphatic carbocycles. The van der Waals surface area contributed by atoms with Gasteiger partial charge in [-0.2, -0.15) is 0 Å². The van der Waals surface area contributed by atoms with Gasteiger partial charge in [0.2, 0.25) is 5.91 Å². The molecule has 5 heteroatoms. The predicted octanol–water partition coefficient (Wildman–Crippen LogP) is 3.40. The molecule has 2 aromatic rings. The summed E-state index contributed by atoms with van der Waals surface area (Å²) in [5.74, 6) is 1.75. The second-order valence-corrected chi connectivity index (χ2v) is 8.00. The SMILES string of the molecule is CC(C)CN1CCO[C@H](CNC(=O)C2c3ccccc3Oc3ccccc32)C1. The molecule has 0 unspecified atom stereocenters. The number of para-hydroxylation sites is 2. The van der Waals surface area contributed by atoms with Crippen LogP contribution in [0.25, 0.3) is 0 Å². The molecule has 2 aliphatic heterocycles. The third-order valence-electron chi connectivity index (χ3n) is 5.29. The molecule has 148 valence electrons. The van der Waals surface area contributed by atoms with Gasteiger partial charge in [0.15, 0.2) is 0 Å². The molecule has 28 heavy (non-hydrogen) atoms. The molecule has 0 saturated carbocycles. The highest BCUT2D eigenvalue weighted by Crippen LogP contribution is 2.43. The zero-order chi connectivity index (χ0) is 19.5. The topological polar surface area (TPSA) is 50.8 Å². The number of ether oxygens (including phenoxy) is 2. The van der Waals surface area contributed by atoms with E-state index in [-0.39, 0.29) is 17.9 Å². The summed E-state index contributed by atoms with van der Waals surface area (Å²) in [5, 5.41) is 3.13. The average Bonchev–Trinajstić information content (AvgIpc) is 2.70. The molecule has 2 aliphatic rings. The summed E-state index contributed by atoms with van der Waals surface area (Å²) in [4.78, 5) is 15.6.